The average Bonchev–Trinajstić information content (AvgIpc) is 2.46. The van der Waals surface area contributed by atoms with Crippen LogP contribution < -0.4 is 10.1 Å². The van der Waals surface area contributed by atoms with Crippen LogP contribution in [0, 0.1) is 5.92 Å². The van der Waals surface area contributed by atoms with Crippen LogP contribution in [0.1, 0.15) is 31.9 Å². The molecule has 2 N–H and O–H groups in total. The van der Waals surface area contributed by atoms with Crippen molar-refractivity contribution in [1.29, 1.82) is 0 Å². The predicted molar refractivity (Wildman–Crippen MR) is 95.8 cm³/mol. The largest absolute Gasteiger partial charge is 0.508 e. The molecule has 1 saturated heterocycles. The molecule has 0 amide bonds. The summed E-state index contributed by atoms with van der Waals surface area (Å²) in [6, 6.07) is 5.78. The summed E-state index contributed by atoms with van der Waals surface area (Å²) in [7, 11) is 1.67. The van der Waals surface area contributed by atoms with Gasteiger partial charge in [0.15, 0.2) is 0 Å². The number of hydrogen-bond donors (Lipinski definition) is 2. The molecule has 0 spiro atoms. The fourth-order valence-electron chi connectivity index (χ4n) is 2.84. The van der Waals surface area contributed by atoms with Crippen LogP contribution in [0.25, 0.3) is 0 Å². The molecule has 0 radical (unpaired) electrons. The number of methoxy groups -OCH3 is 1. The van der Waals surface area contributed by atoms with Gasteiger partial charge in [0, 0.05) is 37.8 Å². The van der Waals surface area contributed by atoms with Gasteiger partial charge in [0.05, 0.1) is 7.11 Å². The lowest BCUT2D eigenvalue weighted by Crippen LogP contribution is -2.45. The number of aromatic hydroxyl groups is 1. The highest BCUT2D eigenvalue weighted by Crippen LogP contribution is 2.35. The first kappa shape index (κ1) is 21.3. The molecule has 0 bridgehead atoms. The Morgan fingerprint density at radius 2 is 1.86 bits per heavy atom. The first-order chi connectivity index (χ1) is 9.61. The van der Waals surface area contributed by atoms with E-state index in [2.05, 4.69) is 24.1 Å². The number of nitrogens with one attached hydrogen (secondary N) is 1. The van der Waals surface area contributed by atoms with Crippen LogP contribution in [0.15, 0.2) is 18.2 Å². The van der Waals surface area contributed by atoms with Gasteiger partial charge in [-0.1, -0.05) is 13.8 Å². The number of phenols is 1. The summed E-state index contributed by atoms with van der Waals surface area (Å²) in [6.07, 6.45) is 1.04. The standard InChI is InChI=1S/C16H26N2O2.2ClH/c1-12(2)10-15(18-8-6-17-7-9-18)14-11-13(20-3)4-5-16(14)19;;/h4-5,11-12,15,17,19H,6-10H2,1-3H3;2*1H/t15-;;/m0../s1. The fourth-order valence-corrected chi connectivity index (χ4v) is 2.84. The van der Waals surface area contributed by atoms with Gasteiger partial charge < -0.3 is 15.2 Å². The Hall–Kier alpha value is -0.680. The lowest BCUT2D eigenvalue weighted by molar-refractivity contribution is 0.151. The minimum atomic E-state index is 0. The zero-order valence-electron chi connectivity index (χ0n) is 13.5. The molecule has 2 rings (SSSR count). The molecule has 0 aromatic heterocycles. The van der Waals surface area contributed by atoms with Crippen LogP contribution in [0.4, 0.5) is 0 Å². The lowest BCUT2D eigenvalue weighted by atomic mass is 9.94. The van der Waals surface area contributed by atoms with Crippen LogP contribution in [0.5, 0.6) is 11.5 Å². The Kier molecular flexibility index (Phi) is 9.85. The molecule has 1 atom stereocenters. The zero-order chi connectivity index (χ0) is 14.5. The van der Waals surface area contributed by atoms with E-state index in [1.807, 2.05) is 12.1 Å². The normalized spacial score (nSPS) is 16.5. The van der Waals surface area contributed by atoms with Gasteiger partial charge >= 0.3 is 0 Å². The van der Waals surface area contributed by atoms with Gasteiger partial charge in [-0.3, -0.25) is 4.90 Å². The van der Waals surface area contributed by atoms with Crippen molar-refractivity contribution >= 4 is 24.8 Å². The van der Waals surface area contributed by atoms with Crippen molar-refractivity contribution in [2.24, 2.45) is 5.92 Å². The molecule has 4 nitrogen and oxygen atoms in total. The fraction of sp³-hybridized carbons (Fsp3) is 0.625. The van der Waals surface area contributed by atoms with Gasteiger partial charge in [0.1, 0.15) is 11.5 Å². The Morgan fingerprint density at radius 3 is 2.41 bits per heavy atom. The van der Waals surface area contributed by atoms with Crippen molar-refractivity contribution in [1.82, 2.24) is 10.2 Å². The quantitative estimate of drug-likeness (QED) is 0.855. The summed E-state index contributed by atoms with van der Waals surface area (Å²) in [5, 5.41) is 13.6. The predicted octanol–water partition coefficient (Wildman–Crippen LogP) is 3.24. The third-order valence-electron chi connectivity index (χ3n) is 3.88. The number of piperazine rings is 1. The average molecular weight is 351 g/mol. The number of phenolic OH excluding ortho intramolecular Hbond substituents is 1. The van der Waals surface area contributed by atoms with Gasteiger partial charge in [0.2, 0.25) is 0 Å². The van der Waals surface area contributed by atoms with Crippen molar-refractivity contribution in [2.45, 2.75) is 26.3 Å². The van der Waals surface area contributed by atoms with Crippen molar-refractivity contribution in [3.05, 3.63) is 23.8 Å². The van der Waals surface area contributed by atoms with E-state index >= 15 is 0 Å². The monoisotopic (exact) mass is 350 g/mol. The van der Waals surface area contributed by atoms with E-state index in [1.54, 1.807) is 13.2 Å². The molecule has 0 aliphatic carbocycles. The number of halogens is 2. The van der Waals surface area contributed by atoms with Crippen molar-refractivity contribution < 1.29 is 9.84 Å². The van der Waals surface area contributed by atoms with Crippen LogP contribution in [0.3, 0.4) is 0 Å². The smallest absolute Gasteiger partial charge is 0.120 e. The molecule has 1 aliphatic heterocycles. The third kappa shape index (κ3) is 5.51. The van der Waals surface area contributed by atoms with E-state index in [1.165, 1.54) is 0 Å². The maximum absolute atomic E-state index is 10.2. The second kappa shape index (κ2) is 10.2. The summed E-state index contributed by atoms with van der Waals surface area (Å²) in [5.41, 5.74) is 0.986. The van der Waals surface area contributed by atoms with Crippen LogP contribution in [-0.4, -0.2) is 43.3 Å². The van der Waals surface area contributed by atoms with E-state index in [-0.39, 0.29) is 30.9 Å². The molecule has 22 heavy (non-hydrogen) atoms. The van der Waals surface area contributed by atoms with Crippen LogP contribution >= 0.6 is 24.8 Å². The van der Waals surface area contributed by atoms with E-state index in [0.29, 0.717) is 11.7 Å². The van der Waals surface area contributed by atoms with E-state index in [0.717, 1.165) is 43.9 Å². The maximum Gasteiger partial charge on any atom is 0.120 e. The topological polar surface area (TPSA) is 44.7 Å². The molecule has 1 aromatic carbocycles. The molecule has 0 saturated carbocycles. The number of benzene rings is 1. The molecule has 1 fully saturated rings. The van der Waals surface area contributed by atoms with E-state index in [9.17, 15) is 5.11 Å². The maximum atomic E-state index is 10.2. The van der Waals surface area contributed by atoms with Gasteiger partial charge in [-0.25, -0.2) is 0 Å². The van der Waals surface area contributed by atoms with Crippen molar-refractivity contribution in [2.75, 3.05) is 33.3 Å². The summed E-state index contributed by atoms with van der Waals surface area (Å²) < 4.78 is 5.31. The van der Waals surface area contributed by atoms with Crippen LogP contribution in [0.2, 0.25) is 0 Å². The van der Waals surface area contributed by atoms with Gasteiger partial charge in [0.25, 0.3) is 0 Å². The Balaban J connectivity index is 0.00000220. The Morgan fingerprint density at radius 1 is 1.23 bits per heavy atom. The molecule has 1 aliphatic rings. The highest BCUT2D eigenvalue weighted by Gasteiger charge is 2.25. The lowest BCUT2D eigenvalue weighted by Gasteiger charge is -2.36. The zero-order valence-corrected chi connectivity index (χ0v) is 15.2. The van der Waals surface area contributed by atoms with Gasteiger partial charge in [-0.05, 0) is 30.5 Å². The Bertz CT molecular complexity index is 438. The molecule has 1 heterocycles. The molecule has 1 aromatic rings. The SMILES string of the molecule is COc1ccc(O)c([C@H](CC(C)C)N2CCNCC2)c1.Cl.Cl. The number of nitrogens with zero attached hydrogens (tertiary/aromatic N) is 1. The van der Waals surface area contributed by atoms with Crippen molar-refractivity contribution in [3.8, 4) is 11.5 Å². The minimum absolute atomic E-state index is 0. The van der Waals surface area contributed by atoms with E-state index < -0.39 is 0 Å². The minimum Gasteiger partial charge on any atom is -0.508 e. The first-order valence-corrected chi connectivity index (χ1v) is 7.43. The summed E-state index contributed by atoms with van der Waals surface area (Å²) in [6.45, 7) is 8.53. The first-order valence-electron chi connectivity index (χ1n) is 7.43. The van der Waals surface area contributed by atoms with Gasteiger partial charge in [-0.2, -0.15) is 0 Å². The van der Waals surface area contributed by atoms with Gasteiger partial charge in [-0.15, -0.1) is 24.8 Å². The molecule has 0 unspecified atom stereocenters. The van der Waals surface area contributed by atoms with Crippen LogP contribution in [-0.2, 0) is 0 Å². The molecular weight excluding hydrogens is 323 g/mol. The highest BCUT2D eigenvalue weighted by molar-refractivity contribution is 5.85. The molecular formula is C16H28Cl2N2O2. The third-order valence-corrected chi connectivity index (χ3v) is 3.88. The second-order valence-corrected chi connectivity index (χ2v) is 5.86. The summed E-state index contributed by atoms with van der Waals surface area (Å²) in [5.74, 6) is 1.76. The molecule has 6 heteroatoms. The summed E-state index contributed by atoms with van der Waals surface area (Å²) >= 11 is 0. The summed E-state index contributed by atoms with van der Waals surface area (Å²) in [4.78, 5) is 2.46. The second-order valence-electron chi connectivity index (χ2n) is 5.86. The number of rotatable bonds is 5. The number of ether oxygens (including phenoxy) is 1. The number of hydrogen-bond acceptors (Lipinski definition) is 4. The molecule has 128 valence electrons. The highest BCUT2D eigenvalue weighted by atomic mass is 35.5. The van der Waals surface area contributed by atoms with Crippen molar-refractivity contribution in [3.63, 3.8) is 0 Å². The van der Waals surface area contributed by atoms with E-state index in [4.69, 9.17) is 4.74 Å². The Labute approximate surface area is 146 Å².